The van der Waals surface area contributed by atoms with Crippen molar-refractivity contribution in [2.75, 3.05) is 5.32 Å². The average molecular weight is 294 g/mol. The summed E-state index contributed by atoms with van der Waals surface area (Å²) in [5, 5.41) is 3.13. The monoisotopic (exact) mass is 294 g/mol. The number of para-hydroxylation sites is 2. The zero-order chi connectivity index (χ0) is 15.5. The molecule has 0 saturated heterocycles. The standard InChI is InChI=1S/C18H18N2O2/c1-12(2)16(21)11-13-7-9-14(10-8-13)19-18-20-15-5-3-4-6-17(15)22-18/h3-10,12H,11H2,1-2H3,(H,19,20). The van der Waals surface area contributed by atoms with Crippen molar-refractivity contribution in [1.29, 1.82) is 0 Å². The minimum Gasteiger partial charge on any atom is -0.423 e. The largest absolute Gasteiger partial charge is 0.423 e. The second-order valence-corrected chi connectivity index (χ2v) is 5.61. The Morgan fingerprint density at radius 3 is 2.55 bits per heavy atom. The van der Waals surface area contributed by atoms with Gasteiger partial charge in [0.15, 0.2) is 5.58 Å². The number of nitrogens with one attached hydrogen (secondary N) is 1. The topological polar surface area (TPSA) is 55.1 Å². The predicted octanol–water partition coefficient (Wildman–Crippen LogP) is 4.34. The van der Waals surface area contributed by atoms with E-state index in [9.17, 15) is 4.79 Å². The number of hydrogen-bond acceptors (Lipinski definition) is 4. The highest BCUT2D eigenvalue weighted by Crippen LogP contribution is 2.22. The first-order valence-corrected chi connectivity index (χ1v) is 7.36. The number of rotatable bonds is 5. The molecule has 0 fully saturated rings. The fourth-order valence-corrected chi connectivity index (χ4v) is 2.16. The predicted molar refractivity (Wildman–Crippen MR) is 87.3 cm³/mol. The number of oxazole rings is 1. The number of ketones is 1. The van der Waals surface area contributed by atoms with Gasteiger partial charge >= 0.3 is 0 Å². The van der Waals surface area contributed by atoms with Gasteiger partial charge in [0.1, 0.15) is 11.3 Å². The lowest BCUT2D eigenvalue weighted by Crippen LogP contribution is -2.10. The van der Waals surface area contributed by atoms with E-state index < -0.39 is 0 Å². The van der Waals surface area contributed by atoms with Crippen LogP contribution >= 0.6 is 0 Å². The van der Waals surface area contributed by atoms with Gasteiger partial charge in [-0.1, -0.05) is 38.1 Å². The third kappa shape index (κ3) is 3.17. The molecule has 0 aliphatic heterocycles. The Morgan fingerprint density at radius 2 is 1.86 bits per heavy atom. The maximum atomic E-state index is 11.7. The van der Waals surface area contributed by atoms with Crippen LogP contribution in [-0.4, -0.2) is 10.8 Å². The number of Topliss-reactive ketones (excluding diaryl/α,β-unsaturated/α-hetero) is 1. The maximum Gasteiger partial charge on any atom is 0.300 e. The van der Waals surface area contributed by atoms with Crippen LogP contribution in [0.4, 0.5) is 11.7 Å². The number of nitrogens with zero attached hydrogens (tertiary/aromatic N) is 1. The van der Waals surface area contributed by atoms with E-state index in [1.165, 1.54) is 0 Å². The van der Waals surface area contributed by atoms with E-state index in [-0.39, 0.29) is 11.7 Å². The van der Waals surface area contributed by atoms with Crippen molar-refractivity contribution in [2.24, 2.45) is 5.92 Å². The van der Waals surface area contributed by atoms with Crippen LogP contribution in [0.3, 0.4) is 0 Å². The van der Waals surface area contributed by atoms with Gasteiger partial charge in [0.25, 0.3) is 6.01 Å². The first kappa shape index (κ1) is 14.3. The van der Waals surface area contributed by atoms with Crippen molar-refractivity contribution in [1.82, 2.24) is 4.98 Å². The molecule has 3 aromatic rings. The zero-order valence-corrected chi connectivity index (χ0v) is 12.7. The molecular formula is C18H18N2O2. The highest BCUT2D eigenvalue weighted by atomic mass is 16.4. The molecule has 0 atom stereocenters. The molecule has 2 aromatic carbocycles. The Balaban J connectivity index is 1.71. The van der Waals surface area contributed by atoms with Crippen LogP contribution in [0.25, 0.3) is 11.1 Å². The number of anilines is 2. The Labute approximate surface area is 129 Å². The third-order valence-corrected chi connectivity index (χ3v) is 3.52. The molecule has 1 heterocycles. The maximum absolute atomic E-state index is 11.7. The fourth-order valence-electron chi connectivity index (χ4n) is 2.16. The van der Waals surface area contributed by atoms with Gasteiger partial charge in [0.2, 0.25) is 0 Å². The summed E-state index contributed by atoms with van der Waals surface area (Å²) in [6.07, 6.45) is 0.473. The molecule has 22 heavy (non-hydrogen) atoms. The summed E-state index contributed by atoms with van der Waals surface area (Å²) in [4.78, 5) is 16.1. The minimum absolute atomic E-state index is 0.0672. The first-order chi connectivity index (χ1) is 10.6. The molecule has 4 nitrogen and oxygen atoms in total. The number of fused-ring (bicyclic) bond motifs is 1. The summed E-state index contributed by atoms with van der Waals surface area (Å²) in [7, 11) is 0. The second-order valence-electron chi connectivity index (χ2n) is 5.61. The van der Waals surface area contributed by atoms with Gasteiger partial charge in [-0.15, -0.1) is 0 Å². The molecule has 112 valence electrons. The van der Waals surface area contributed by atoms with Gasteiger partial charge in [0.05, 0.1) is 0 Å². The highest BCUT2D eigenvalue weighted by molar-refractivity contribution is 5.82. The Bertz CT molecular complexity index is 755. The molecule has 4 heteroatoms. The molecule has 0 unspecified atom stereocenters. The molecule has 1 aromatic heterocycles. The highest BCUT2D eigenvalue weighted by Gasteiger charge is 2.09. The van der Waals surface area contributed by atoms with Crippen molar-refractivity contribution in [3.05, 3.63) is 54.1 Å². The normalized spacial score (nSPS) is 11.0. The molecule has 0 amide bonds. The van der Waals surface area contributed by atoms with Crippen molar-refractivity contribution in [2.45, 2.75) is 20.3 Å². The lowest BCUT2D eigenvalue weighted by molar-refractivity contribution is -0.121. The van der Waals surface area contributed by atoms with E-state index in [2.05, 4.69) is 10.3 Å². The minimum atomic E-state index is 0.0672. The average Bonchev–Trinajstić information content (AvgIpc) is 2.91. The van der Waals surface area contributed by atoms with Crippen molar-refractivity contribution in [3.8, 4) is 0 Å². The van der Waals surface area contributed by atoms with Crippen LogP contribution < -0.4 is 5.32 Å². The molecule has 0 saturated carbocycles. The molecule has 0 radical (unpaired) electrons. The molecule has 0 bridgehead atoms. The molecule has 0 spiro atoms. The van der Waals surface area contributed by atoms with E-state index in [1.54, 1.807) is 0 Å². The lowest BCUT2D eigenvalue weighted by Gasteiger charge is -2.06. The Hall–Kier alpha value is -2.62. The van der Waals surface area contributed by atoms with Crippen LogP contribution in [0.5, 0.6) is 0 Å². The first-order valence-electron chi connectivity index (χ1n) is 7.36. The molecular weight excluding hydrogens is 276 g/mol. The fraction of sp³-hybridized carbons (Fsp3) is 0.222. The van der Waals surface area contributed by atoms with E-state index in [1.807, 2.05) is 62.4 Å². The van der Waals surface area contributed by atoms with E-state index in [0.717, 1.165) is 22.4 Å². The second kappa shape index (κ2) is 6.02. The summed E-state index contributed by atoms with van der Waals surface area (Å²) < 4.78 is 5.62. The quantitative estimate of drug-likeness (QED) is 0.760. The molecule has 0 aliphatic rings. The van der Waals surface area contributed by atoms with Gasteiger partial charge in [-0.3, -0.25) is 4.79 Å². The lowest BCUT2D eigenvalue weighted by atomic mass is 10.0. The Kier molecular flexibility index (Phi) is 3.92. The van der Waals surface area contributed by atoms with Crippen molar-refractivity contribution >= 4 is 28.6 Å². The summed E-state index contributed by atoms with van der Waals surface area (Å²) in [6.45, 7) is 3.84. The van der Waals surface area contributed by atoms with Crippen LogP contribution in [-0.2, 0) is 11.2 Å². The Morgan fingerprint density at radius 1 is 1.14 bits per heavy atom. The smallest absolute Gasteiger partial charge is 0.300 e. The third-order valence-electron chi connectivity index (χ3n) is 3.52. The summed E-state index contributed by atoms with van der Waals surface area (Å²) >= 11 is 0. The zero-order valence-electron chi connectivity index (χ0n) is 12.7. The number of hydrogen-bond donors (Lipinski definition) is 1. The van der Waals surface area contributed by atoms with Crippen LogP contribution in [0, 0.1) is 5.92 Å². The van der Waals surface area contributed by atoms with Gasteiger partial charge in [0, 0.05) is 18.0 Å². The molecule has 3 rings (SSSR count). The van der Waals surface area contributed by atoms with Crippen LogP contribution in [0.15, 0.2) is 52.9 Å². The molecule has 1 N–H and O–H groups in total. The van der Waals surface area contributed by atoms with Crippen molar-refractivity contribution in [3.63, 3.8) is 0 Å². The van der Waals surface area contributed by atoms with Crippen molar-refractivity contribution < 1.29 is 9.21 Å². The number of benzene rings is 2. The van der Waals surface area contributed by atoms with Gasteiger partial charge < -0.3 is 9.73 Å². The van der Waals surface area contributed by atoms with Gasteiger partial charge in [-0.05, 0) is 29.8 Å². The van der Waals surface area contributed by atoms with Gasteiger partial charge in [-0.2, -0.15) is 4.98 Å². The van der Waals surface area contributed by atoms with Crippen LogP contribution in [0.2, 0.25) is 0 Å². The SMILES string of the molecule is CC(C)C(=O)Cc1ccc(Nc2nc3ccccc3o2)cc1. The van der Waals surface area contributed by atoms with E-state index in [0.29, 0.717) is 12.4 Å². The molecule has 0 aliphatic carbocycles. The number of carbonyl (C=O) groups excluding carboxylic acids is 1. The summed E-state index contributed by atoms with van der Waals surface area (Å²) in [5.41, 5.74) is 3.47. The van der Waals surface area contributed by atoms with Crippen LogP contribution in [0.1, 0.15) is 19.4 Å². The summed E-state index contributed by atoms with van der Waals surface area (Å²) in [6, 6.07) is 15.9. The number of carbonyl (C=O) groups is 1. The van der Waals surface area contributed by atoms with E-state index >= 15 is 0 Å². The van der Waals surface area contributed by atoms with Gasteiger partial charge in [-0.25, -0.2) is 0 Å². The number of aromatic nitrogens is 1. The van der Waals surface area contributed by atoms with E-state index in [4.69, 9.17) is 4.42 Å². The summed E-state index contributed by atoms with van der Waals surface area (Å²) in [5.74, 6) is 0.317.